The van der Waals surface area contributed by atoms with E-state index in [2.05, 4.69) is 14.1 Å². The number of halogens is 2. The maximum absolute atomic E-state index is 11.6. The van der Waals surface area contributed by atoms with Crippen LogP contribution in [0.3, 0.4) is 0 Å². The maximum atomic E-state index is 11.6. The summed E-state index contributed by atoms with van der Waals surface area (Å²) in [5.41, 5.74) is 1.88. The first-order valence-electron chi connectivity index (χ1n) is 4.99. The number of rotatable bonds is 4. The molecule has 1 aromatic heterocycles. The van der Waals surface area contributed by atoms with E-state index in [0.717, 1.165) is 17.2 Å². The Bertz CT molecular complexity index is 543. The molecule has 2 aromatic rings. The largest absolute Gasteiger partial charge is 0.323 e. The first-order chi connectivity index (χ1) is 8.22. The van der Waals surface area contributed by atoms with E-state index in [-0.39, 0.29) is 5.91 Å². The Morgan fingerprint density at radius 2 is 2.24 bits per heavy atom. The molecule has 0 bridgehead atoms. The number of hydrogen-bond donors (Lipinski definition) is 1. The van der Waals surface area contributed by atoms with Crippen molar-refractivity contribution in [3.05, 3.63) is 17.2 Å². The lowest BCUT2D eigenvalue weighted by atomic mass is 10.2. The third kappa shape index (κ3) is 2.86. The van der Waals surface area contributed by atoms with Gasteiger partial charge in [-0.3, -0.25) is 4.79 Å². The minimum atomic E-state index is -0.118. The summed E-state index contributed by atoms with van der Waals surface area (Å²) >= 11 is 12.7. The van der Waals surface area contributed by atoms with Crippen molar-refractivity contribution < 1.29 is 4.79 Å². The van der Waals surface area contributed by atoms with Crippen LogP contribution in [0, 0.1) is 0 Å². The number of amides is 1. The minimum absolute atomic E-state index is 0.118. The molecule has 0 aliphatic rings. The molecule has 0 spiro atoms. The average molecular weight is 290 g/mol. The lowest BCUT2D eigenvalue weighted by Crippen LogP contribution is -2.12. The van der Waals surface area contributed by atoms with Crippen LogP contribution in [0.15, 0.2) is 12.1 Å². The normalized spacial score (nSPS) is 10.7. The van der Waals surface area contributed by atoms with Gasteiger partial charge in [0.05, 0.1) is 22.4 Å². The Morgan fingerprint density at radius 1 is 1.41 bits per heavy atom. The van der Waals surface area contributed by atoms with Crippen molar-refractivity contribution in [2.24, 2.45) is 0 Å². The molecule has 1 N–H and O–H groups in total. The fourth-order valence-electron chi connectivity index (χ4n) is 1.38. The van der Waals surface area contributed by atoms with Crippen LogP contribution in [-0.4, -0.2) is 20.5 Å². The number of aromatic nitrogens is 2. The fraction of sp³-hybridized carbons (Fsp3) is 0.300. The zero-order valence-electron chi connectivity index (χ0n) is 8.74. The Kier molecular flexibility index (Phi) is 4.15. The van der Waals surface area contributed by atoms with Crippen molar-refractivity contribution >= 4 is 57.6 Å². The summed E-state index contributed by atoms with van der Waals surface area (Å²) in [6.45, 7) is 0. The second-order valence-corrected chi connectivity index (χ2v) is 4.71. The van der Waals surface area contributed by atoms with Gasteiger partial charge in [0.15, 0.2) is 0 Å². The van der Waals surface area contributed by atoms with Crippen LogP contribution in [0.25, 0.3) is 11.0 Å². The topological polar surface area (TPSA) is 54.9 Å². The molecule has 4 nitrogen and oxygen atoms in total. The Hall–Kier alpha value is -0.910. The molecule has 0 radical (unpaired) electrons. The van der Waals surface area contributed by atoms with Crippen LogP contribution in [-0.2, 0) is 4.79 Å². The number of anilines is 1. The average Bonchev–Trinajstić information content (AvgIpc) is 2.78. The van der Waals surface area contributed by atoms with Crippen molar-refractivity contribution in [3.8, 4) is 0 Å². The van der Waals surface area contributed by atoms with E-state index in [1.165, 1.54) is 0 Å². The van der Waals surface area contributed by atoms with Crippen LogP contribution in [0.1, 0.15) is 12.8 Å². The summed E-state index contributed by atoms with van der Waals surface area (Å²) < 4.78 is 8.21. The molecular weight excluding hydrogens is 281 g/mol. The van der Waals surface area contributed by atoms with Gasteiger partial charge in [0.25, 0.3) is 0 Å². The van der Waals surface area contributed by atoms with E-state index in [1.807, 2.05) is 0 Å². The maximum Gasteiger partial charge on any atom is 0.224 e. The van der Waals surface area contributed by atoms with Gasteiger partial charge in [-0.2, -0.15) is 8.75 Å². The summed E-state index contributed by atoms with van der Waals surface area (Å²) in [5.74, 6) is 0.344. The molecule has 17 heavy (non-hydrogen) atoms. The number of alkyl halides is 1. The van der Waals surface area contributed by atoms with E-state index in [9.17, 15) is 4.79 Å². The summed E-state index contributed by atoms with van der Waals surface area (Å²) in [6.07, 6.45) is 1.00. The minimum Gasteiger partial charge on any atom is -0.323 e. The predicted molar refractivity (Wildman–Crippen MR) is 71.0 cm³/mol. The standard InChI is InChI=1S/C10H9Cl2N3OS/c11-5-1-2-8(16)13-9-6(12)3-4-7-10(9)15-17-14-7/h3-4H,1-2,5H2,(H,13,16). The van der Waals surface area contributed by atoms with Crippen LogP contribution in [0.4, 0.5) is 5.69 Å². The van der Waals surface area contributed by atoms with E-state index in [1.54, 1.807) is 12.1 Å². The van der Waals surface area contributed by atoms with Gasteiger partial charge in [0.1, 0.15) is 11.0 Å². The van der Waals surface area contributed by atoms with Gasteiger partial charge in [-0.15, -0.1) is 11.6 Å². The number of carbonyl (C=O) groups is 1. The zero-order chi connectivity index (χ0) is 12.3. The van der Waals surface area contributed by atoms with E-state index < -0.39 is 0 Å². The third-order valence-electron chi connectivity index (χ3n) is 2.18. The van der Waals surface area contributed by atoms with E-state index in [4.69, 9.17) is 23.2 Å². The van der Waals surface area contributed by atoms with Crippen LogP contribution in [0.5, 0.6) is 0 Å². The summed E-state index contributed by atoms with van der Waals surface area (Å²) in [5, 5.41) is 3.21. The smallest absolute Gasteiger partial charge is 0.224 e. The summed E-state index contributed by atoms with van der Waals surface area (Å²) in [6, 6.07) is 3.47. The Morgan fingerprint density at radius 3 is 3.00 bits per heavy atom. The highest BCUT2D eigenvalue weighted by Gasteiger charge is 2.12. The number of hydrogen-bond acceptors (Lipinski definition) is 4. The molecule has 2 rings (SSSR count). The Labute approximate surface area is 112 Å². The van der Waals surface area contributed by atoms with E-state index >= 15 is 0 Å². The molecular formula is C10H9Cl2N3OS. The molecule has 0 aliphatic carbocycles. The van der Waals surface area contributed by atoms with Crippen molar-refractivity contribution in [1.29, 1.82) is 0 Å². The monoisotopic (exact) mass is 289 g/mol. The van der Waals surface area contributed by atoms with Gasteiger partial charge >= 0.3 is 0 Å². The van der Waals surface area contributed by atoms with Crippen LogP contribution < -0.4 is 5.32 Å². The molecule has 0 fully saturated rings. The first kappa shape index (κ1) is 12.5. The number of fused-ring (bicyclic) bond motifs is 1. The van der Waals surface area contributed by atoms with Gasteiger partial charge in [0, 0.05) is 12.3 Å². The second-order valence-electron chi connectivity index (χ2n) is 3.40. The molecule has 0 saturated carbocycles. The van der Waals surface area contributed by atoms with Crippen molar-refractivity contribution in [2.45, 2.75) is 12.8 Å². The molecule has 1 heterocycles. The zero-order valence-corrected chi connectivity index (χ0v) is 11.1. The molecule has 0 saturated heterocycles. The molecule has 1 amide bonds. The van der Waals surface area contributed by atoms with Gasteiger partial charge in [0.2, 0.25) is 5.91 Å². The lowest BCUT2D eigenvalue weighted by molar-refractivity contribution is -0.116. The van der Waals surface area contributed by atoms with Gasteiger partial charge < -0.3 is 5.32 Å². The second kappa shape index (κ2) is 5.62. The van der Waals surface area contributed by atoms with Crippen LogP contribution in [0.2, 0.25) is 5.02 Å². The number of carbonyl (C=O) groups excluding carboxylic acids is 1. The highest BCUT2D eigenvalue weighted by atomic mass is 35.5. The number of nitrogens with zero attached hydrogens (tertiary/aromatic N) is 2. The van der Waals surface area contributed by atoms with Crippen LogP contribution >= 0.6 is 34.9 Å². The van der Waals surface area contributed by atoms with Crippen molar-refractivity contribution in [1.82, 2.24) is 8.75 Å². The highest BCUT2D eigenvalue weighted by Crippen LogP contribution is 2.29. The summed E-state index contributed by atoms with van der Waals surface area (Å²) in [4.78, 5) is 11.6. The van der Waals surface area contributed by atoms with Crippen molar-refractivity contribution in [3.63, 3.8) is 0 Å². The number of benzene rings is 1. The molecule has 0 unspecified atom stereocenters. The van der Waals surface area contributed by atoms with E-state index in [0.29, 0.717) is 34.9 Å². The van der Waals surface area contributed by atoms with Gasteiger partial charge in [-0.1, -0.05) is 11.6 Å². The molecule has 90 valence electrons. The number of nitrogens with one attached hydrogen (secondary N) is 1. The predicted octanol–water partition coefficient (Wildman–Crippen LogP) is 3.30. The first-order valence-corrected chi connectivity index (χ1v) is 6.63. The van der Waals surface area contributed by atoms with Gasteiger partial charge in [-0.05, 0) is 18.6 Å². The summed E-state index contributed by atoms with van der Waals surface area (Å²) in [7, 11) is 0. The van der Waals surface area contributed by atoms with Crippen molar-refractivity contribution in [2.75, 3.05) is 11.2 Å². The lowest BCUT2D eigenvalue weighted by Gasteiger charge is -2.06. The highest BCUT2D eigenvalue weighted by molar-refractivity contribution is 7.00. The fourth-order valence-corrected chi connectivity index (χ4v) is 2.25. The Balaban J connectivity index is 2.25. The third-order valence-corrected chi connectivity index (χ3v) is 3.30. The molecule has 1 aromatic carbocycles. The SMILES string of the molecule is O=C(CCCCl)Nc1c(Cl)ccc2nsnc12. The quantitative estimate of drug-likeness (QED) is 0.879. The molecule has 0 aliphatic heterocycles. The van der Waals surface area contributed by atoms with Gasteiger partial charge in [-0.25, -0.2) is 0 Å². The molecule has 0 atom stereocenters. The molecule has 7 heteroatoms.